The Bertz CT molecular complexity index is 531. The normalized spacial score (nSPS) is 10.4. The molecule has 4 heteroatoms. The van der Waals surface area contributed by atoms with Crippen LogP contribution in [0.3, 0.4) is 0 Å². The van der Waals surface area contributed by atoms with Gasteiger partial charge in [-0.25, -0.2) is 0 Å². The van der Waals surface area contributed by atoms with E-state index < -0.39 is 0 Å². The van der Waals surface area contributed by atoms with Crippen LogP contribution in [0.25, 0.3) is 0 Å². The zero-order valence-electron chi connectivity index (χ0n) is 10.9. The van der Waals surface area contributed by atoms with Gasteiger partial charge in [-0.3, -0.25) is 4.98 Å². The summed E-state index contributed by atoms with van der Waals surface area (Å²) in [5.41, 5.74) is 2.12. The number of hydrogen-bond acceptors (Lipinski definition) is 3. The molecule has 0 aliphatic carbocycles. The predicted octanol–water partition coefficient (Wildman–Crippen LogP) is 3.53. The monoisotopic (exact) mass is 320 g/mol. The Balaban J connectivity index is 1.98. The fourth-order valence-corrected chi connectivity index (χ4v) is 2.07. The fraction of sp³-hybridized carbons (Fsp3) is 0.267. The molecule has 0 atom stereocenters. The molecule has 0 saturated carbocycles. The van der Waals surface area contributed by atoms with Crippen LogP contribution in [-0.2, 0) is 13.2 Å². The number of nitrogens with one attached hydrogen (secondary N) is 1. The quantitative estimate of drug-likeness (QED) is 0.884. The van der Waals surface area contributed by atoms with Crippen LogP contribution in [0.2, 0.25) is 0 Å². The van der Waals surface area contributed by atoms with Gasteiger partial charge >= 0.3 is 0 Å². The Morgan fingerprint density at radius 1 is 1.26 bits per heavy atom. The molecule has 1 N–H and O–H groups in total. The molecule has 2 rings (SSSR count). The Hall–Kier alpha value is -1.39. The molecule has 0 unspecified atom stereocenters. The number of rotatable bonds is 6. The lowest BCUT2D eigenvalue weighted by molar-refractivity contribution is 0.304. The second-order valence-corrected chi connectivity index (χ2v) is 5.00. The SMILES string of the molecule is CCNCc1cc(OCc2ccccc2Br)ccn1. The Morgan fingerprint density at radius 2 is 2.11 bits per heavy atom. The fourth-order valence-electron chi connectivity index (χ4n) is 1.67. The van der Waals surface area contributed by atoms with Crippen molar-refractivity contribution < 1.29 is 4.74 Å². The minimum Gasteiger partial charge on any atom is -0.489 e. The highest BCUT2D eigenvalue weighted by Crippen LogP contribution is 2.19. The van der Waals surface area contributed by atoms with Gasteiger partial charge in [-0.05, 0) is 18.7 Å². The summed E-state index contributed by atoms with van der Waals surface area (Å²) in [5.74, 6) is 0.846. The minimum absolute atomic E-state index is 0.548. The highest BCUT2D eigenvalue weighted by atomic mass is 79.9. The molecular formula is C15H17BrN2O. The second-order valence-electron chi connectivity index (χ2n) is 4.14. The Labute approximate surface area is 122 Å². The summed E-state index contributed by atoms with van der Waals surface area (Å²) in [5, 5.41) is 3.25. The zero-order chi connectivity index (χ0) is 13.5. The molecule has 1 aromatic heterocycles. The zero-order valence-corrected chi connectivity index (χ0v) is 12.5. The van der Waals surface area contributed by atoms with Gasteiger partial charge in [0.05, 0.1) is 5.69 Å². The van der Waals surface area contributed by atoms with Gasteiger partial charge in [-0.1, -0.05) is 41.1 Å². The number of hydrogen-bond donors (Lipinski definition) is 1. The summed E-state index contributed by atoms with van der Waals surface area (Å²) in [4.78, 5) is 4.30. The molecule has 0 fully saturated rings. The number of pyridine rings is 1. The molecule has 1 aromatic carbocycles. The van der Waals surface area contributed by atoms with Crippen molar-refractivity contribution in [3.8, 4) is 5.75 Å². The molecule has 0 bridgehead atoms. The first-order valence-electron chi connectivity index (χ1n) is 6.31. The topological polar surface area (TPSA) is 34.1 Å². The van der Waals surface area contributed by atoms with Crippen LogP contribution in [0.4, 0.5) is 0 Å². The maximum absolute atomic E-state index is 5.80. The van der Waals surface area contributed by atoms with Crippen LogP contribution in [0, 0.1) is 0 Å². The summed E-state index contributed by atoms with van der Waals surface area (Å²) in [7, 11) is 0. The third-order valence-electron chi connectivity index (χ3n) is 2.70. The first-order valence-corrected chi connectivity index (χ1v) is 7.10. The van der Waals surface area contributed by atoms with E-state index in [-0.39, 0.29) is 0 Å². The van der Waals surface area contributed by atoms with Crippen LogP contribution < -0.4 is 10.1 Å². The van der Waals surface area contributed by atoms with Crippen molar-refractivity contribution in [3.63, 3.8) is 0 Å². The molecule has 3 nitrogen and oxygen atoms in total. The van der Waals surface area contributed by atoms with Gasteiger partial charge < -0.3 is 10.1 Å². The summed E-state index contributed by atoms with van der Waals surface area (Å²) < 4.78 is 6.86. The molecule has 0 radical (unpaired) electrons. The summed E-state index contributed by atoms with van der Waals surface area (Å²) in [6, 6.07) is 11.9. The van der Waals surface area contributed by atoms with Crippen LogP contribution in [0.5, 0.6) is 5.75 Å². The highest BCUT2D eigenvalue weighted by molar-refractivity contribution is 9.10. The highest BCUT2D eigenvalue weighted by Gasteiger charge is 2.01. The van der Waals surface area contributed by atoms with Crippen LogP contribution in [-0.4, -0.2) is 11.5 Å². The van der Waals surface area contributed by atoms with E-state index in [4.69, 9.17) is 4.74 Å². The minimum atomic E-state index is 0.548. The number of aromatic nitrogens is 1. The van der Waals surface area contributed by atoms with Gasteiger partial charge in [0.25, 0.3) is 0 Å². The van der Waals surface area contributed by atoms with Gasteiger partial charge in [0.2, 0.25) is 0 Å². The standard InChI is InChI=1S/C15H17BrN2O/c1-2-17-10-13-9-14(7-8-18-13)19-11-12-5-3-4-6-15(12)16/h3-9,17H,2,10-11H2,1H3. The summed E-state index contributed by atoms with van der Waals surface area (Å²) >= 11 is 3.52. The van der Waals surface area contributed by atoms with Crippen molar-refractivity contribution in [1.29, 1.82) is 0 Å². The molecule has 0 aliphatic rings. The molecule has 0 spiro atoms. The lowest BCUT2D eigenvalue weighted by atomic mass is 10.2. The largest absolute Gasteiger partial charge is 0.489 e. The number of nitrogens with zero attached hydrogens (tertiary/aromatic N) is 1. The molecule has 0 saturated heterocycles. The molecule has 19 heavy (non-hydrogen) atoms. The van der Waals surface area contributed by atoms with Gasteiger partial charge in [-0.2, -0.15) is 0 Å². The first-order chi connectivity index (χ1) is 9.29. The number of ether oxygens (including phenoxy) is 1. The van der Waals surface area contributed by atoms with E-state index >= 15 is 0 Å². The molecule has 0 amide bonds. The number of benzene rings is 1. The third kappa shape index (κ3) is 4.33. The van der Waals surface area contributed by atoms with Crippen LogP contribution >= 0.6 is 15.9 Å². The van der Waals surface area contributed by atoms with Gasteiger partial charge in [0.1, 0.15) is 12.4 Å². The van der Waals surface area contributed by atoms with E-state index in [1.54, 1.807) is 6.20 Å². The van der Waals surface area contributed by atoms with Crippen molar-refractivity contribution in [2.24, 2.45) is 0 Å². The lowest BCUT2D eigenvalue weighted by Gasteiger charge is -2.09. The molecule has 2 aromatic rings. The first kappa shape index (κ1) is 14.0. The van der Waals surface area contributed by atoms with Crippen molar-refractivity contribution in [3.05, 3.63) is 58.3 Å². The van der Waals surface area contributed by atoms with Crippen molar-refractivity contribution >= 4 is 15.9 Å². The maximum atomic E-state index is 5.80. The van der Waals surface area contributed by atoms with Crippen molar-refractivity contribution in [2.45, 2.75) is 20.1 Å². The lowest BCUT2D eigenvalue weighted by Crippen LogP contribution is -2.12. The Kier molecular flexibility index (Phi) is 5.36. The second kappa shape index (κ2) is 7.26. The van der Waals surface area contributed by atoms with Gasteiger partial charge in [-0.15, -0.1) is 0 Å². The van der Waals surface area contributed by atoms with E-state index in [0.717, 1.165) is 34.6 Å². The molecular weight excluding hydrogens is 304 g/mol. The van der Waals surface area contributed by atoms with Crippen molar-refractivity contribution in [1.82, 2.24) is 10.3 Å². The number of halogens is 1. The smallest absolute Gasteiger partial charge is 0.123 e. The van der Waals surface area contributed by atoms with E-state index in [0.29, 0.717) is 6.61 Å². The molecule has 0 aliphatic heterocycles. The van der Waals surface area contributed by atoms with Crippen molar-refractivity contribution in [2.75, 3.05) is 6.54 Å². The van der Waals surface area contributed by atoms with Crippen LogP contribution in [0.1, 0.15) is 18.2 Å². The van der Waals surface area contributed by atoms with E-state index in [1.165, 1.54) is 0 Å². The summed E-state index contributed by atoms with van der Waals surface area (Å²) in [6.07, 6.45) is 1.78. The Morgan fingerprint density at radius 3 is 2.89 bits per heavy atom. The molecule has 1 heterocycles. The van der Waals surface area contributed by atoms with E-state index in [1.807, 2.05) is 36.4 Å². The molecule has 100 valence electrons. The average molecular weight is 321 g/mol. The average Bonchev–Trinajstić information content (AvgIpc) is 2.45. The van der Waals surface area contributed by atoms with Gasteiger partial charge in [0, 0.05) is 28.8 Å². The predicted molar refractivity (Wildman–Crippen MR) is 80.1 cm³/mol. The van der Waals surface area contributed by atoms with Gasteiger partial charge in [0.15, 0.2) is 0 Å². The maximum Gasteiger partial charge on any atom is 0.123 e. The van der Waals surface area contributed by atoms with E-state index in [9.17, 15) is 0 Å². The van der Waals surface area contributed by atoms with Crippen LogP contribution in [0.15, 0.2) is 47.1 Å². The third-order valence-corrected chi connectivity index (χ3v) is 3.47. The van der Waals surface area contributed by atoms with E-state index in [2.05, 4.69) is 33.2 Å². The summed E-state index contributed by atoms with van der Waals surface area (Å²) in [6.45, 7) is 4.33.